The lowest BCUT2D eigenvalue weighted by molar-refractivity contribution is 0.0992. The van der Waals surface area contributed by atoms with Crippen molar-refractivity contribution in [3.63, 3.8) is 0 Å². The summed E-state index contributed by atoms with van der Waals surface area (Å²) in [4.78, 5) is 14.0. The van der Waals surface area contributed by atoms with Crippen LogP contribution in [0.5, 0.6) is 0 Å². The van der Waals surface area contributed by atoms with E-state index in [4.69, 9.17) is 40.1 Å². The average Bonchev–Trinajstić information content (AvgIpc) is 2.60. The number of halogens is 3. The molecule has 76 valence electrons. The van der Waals surface area contributed by atoms with Gasteiger partial charge in [-0.2, -0.15) is 5.26 Å². The second-order valence-corrected chi connectivity index (χ2v) is 4.77. The van der Waals surface area contributed by atoms with Crippen LogP contribution in [0.1, 0.15) is 16.1 Å². The molecule has 3 nitrogen and oxygen atoms in total. The van der Waals surface area contributed by atoms with E-state index < -0.39 is 9.58 Å². The fraction of sp³-hybridized carbons (Fsp3) is 0.111. The number of carbonyl (C=O) groups is 1. The van der Waals surface area contributed by atoms with E-state index in [9.17, 15) is 4.79 Å². The molecule has 15 heavy (non-hydrogen) atoms. The third kappa shape index (κ3) is 3.18. The van der Waals surface area contributed by atoms with Crippen molar-refractivity contribution in [3.05, 3.63) is 23.5 Å². The number of aromatic nitrogens is 1. The van der Waals surface area contributed by atoms with Crippen LogP contribution < -0.4 is 0 Å². The van der Waals surface area contributed by atoms with Crippen LogP contribution in [0.25, 0.3) is 0 Å². The highest BCUT2D eigenvalue weighted by Gasteiger charge is 2.32. The Balaban J connectivity index is 2.96. The van der Waals surface area contributed by atoms with Crippen LogP contribution in [0.3, 0.4) is 0 Å². The maximum atomic E-state index is 11.4. The Kier molecular flexibility index (Phi) is 3.66. The fourth-order valence-electron chi connectivity index (χ4n) is 0.850. The van der Waals surface area contributed by atoms with Gasteiger partial charge in [-0.3, -0.25) is 4.79 Å². The van der Waals surface area contributed by atoms with Crippen molar-refractivity contribution < 1.29 is 4.79 Å². The van der Waals surface area contributed by atoms with E-state index in [1.807, 2.05) is 0 Å². The zero-order valence-electron chi connectivity index (χ0n) is 7.14. The zero-order valence-corrected chi connectivity index (χ0v) is 9.41. The molecule has 0 bridgehead atoms. The molecule has 0 aliphatic carbocycles. The molecule has 1 aromatic rings. The summed E-state index contributed by atoms with van der Waals surface area (Å²) in [6, 6.07) is 3.06. The molecule has 0 spiro atoms. The highest BCUT2D eigenvalue weighted by Crippen LogP contribution is 2.30. The number of rotatable bonds is 1. The summed E-state index contributed by atoms with van der Waals surface area (Å²) >= 11 is 16.2. The number of hydrogen-bond acceptors (Lipinski definition) is 2. The van der Waals surface area contributed by atoms with Crippen LogP contribution in [0.2, 0.25) is 0 Å². The molecule has 0 amide bonds. The number of nitrogens with zero attached hydrogens (tertiary/aromatic N) is 1. The first-order valence-corrected chi connectivity index (χ1v) is 4.78. The largest absolute Gasteiger partial charge is 0.357 e. The normalized spacial score (nSPS) is 10.0. The predicted octanol–water partition coefficient (Wildman–Crippen LogP) is 2.44. The summed E-state index contributed by atoms with van der Waals surface area (Å²) < 4.78 is -2.00. The number of aromatic amines is 1. The molecular weight excluding hydrogens is 258 g/mol. The molecule has 6 heteroatoms. The van der Waals surface area contributed by atoms with E-state index in [-0.39, 0.29) is 5.69 Å². The molecule has 0 aliphatic rings. The lowest BCUT2D eigenvalue weighted by Gasteiger charge is -2.06. The quantitative estimate of drug-likeness (QED) is 0.479. The Hall–Kier alpha value is -1.13. The molecule has 1 aromatic heterocycles. The van der Waals surface area contributed by atoms with Crippen LogP contribution in [0.4, 0.5) is 0 Å². The maximum absolute atomic E-state index is 11.4. The second kappa shape index (κ2) is 4.59. The van der Waals surface area contributed by atoms with Gasteiger partial charge in [-0.1, -0.05) is 34.8 Å². The Morgan fingerprint density at radius 1 is 1.47 bits per heavy atom. The number of alkyl halides is 3. The van der Waals surface area contributed by atoms with E-state index in [0.29, 0.717) is 5.56 Å². The molecule has 0 unspecified atom stereocenters. The van der Waals surface area contributed by atoms with Crippen molar-refractivity contribution in [2.45, 2.75) is 3.79 Å². The first-order chi connectivity index (χ1) is 6.95. The van der Waals surface area contributed by atoms with Crippen LogP contribution >= 0.6 is 34.8 Å². The van der Waals surface area contributed by atoms with E-state index in [2.05, 4.69) is 16.8 Å². The lowest BCUT2D eigenvalue weighted by Crippen LogP contribution is -2.19. The van der Waals surface area contributed by atoms with Gasteiger partial charge in [0.05, 0.1) is 5.69 Å². The van der Waals surface area contributed by atoms with Gasteiger partial charge in [-0.05, 0) is 12.0 Å². The van der Waals surface area contributed by atoms with Crippen molar-refractivity contribution in [1.82, 2.24) is 4.98 Å². The van der Waals surface area contributed by atoms with Crippen LogP contribution in [-0.4, -0.2) is 14.6 Å². The second-order valence-electron chi connectivity index (χ2n) is 2.49. The molecule has 0 radical (unpaired) electrons. The van der Waals surface area contributed by atoms with E-state index in [0.717, 1.165) is 0 Å². The Morgan fingerprint density at radius 2 is 2.13 bits per heavy atom. The van der Waals surface area contributed by atoms with Gasteiger partial charge in [0.15, 0.2) is 6.07 Å². The minimum absolute atomic E-state index is 0.136. The van der Waals surface area contributed by atoms with Gasteiger partial charge in [-0.15, -0.1) is 0 Å². The van der Waals surface area contributed by atoms with Crippen molar-refractivity contribution in [2.75, 3.05) is 0 Å². The average molecular weight is 261 g/mol. The van der Waals surface area contributed by atoms with Crippen LogP contribution in [0.15, 0.2) is 12.3 Å². The maximum Gasteiger partial charge on any atom is 0.254 e. The number of Topliss-reactive ketones (excluding diaryl/α,β-unsaturated/α-hetero) is 1. The number of ketones is 1. The van der Waals surface area contributed by atoms with Gasteiger partial charge in [0, 0.05) is 17.7 Å². The number of carbonyl (C=O) groups excluding carboxylic acids is 1. The van der Waals surface area contributed by atoms with E-state index in [1.165, 1.54) is 12.3 Å². The highest BCUT2D eigenvalue weighted by molar-refractivity contribution is 6.77. The molecule has 0 fully saturated rings. The molecule has 1 heterocycles. The van der Waals surface area contributed by atoms with Gasteiger partial charge in [0.25, 0.3) is 3.79 Å². The number of H-pyrrole nitrogens is 1. The molecular formula is C9H3Cl3N2O. The number of nitrogens with one attached hydrogen (secondary N) is 1. The minimum Gasteiger partial charge on any atom is -0.357 e. The molecule has 0 aliphatic heterocycles. The summed E-state index contributed by atoms with van der Waals surface area (Å²) in [6.45, 7) is 0. The van der Waals surface area contributed by atoms with Gasteiger partial charge < -0.3 is 4.98 Å². The molecule has 0 saturated heterocycles. The van der Waals surface area contributed by atoms with Crippen LogP contribution in [-0.2, 0) is 0 Å². The van der Waals surface area contributed by atoms with Crippen LogP contribution in [0, 0.1) is 23.2 Å². The lowest BCUT2D eigenvalue weighted by atomic mass is 10.2. The van der Waals surface area contributed by atoms with Gasteiger partial charge in [0.2, 0.25) is 5.78 Å². The third-order valence-electron chi connectivity index (χ3n) is 1.45. The summed E-state index contributed by atoms with van der Waals surface area (Å²) in [7, 11) is 0. The monoisotopic (exact) mass is 260 g/mol. The molecule has 0 saturated carbocycles. The number of nitriles is 1. The summed E-state index contributed by atoms with van der Waals surface area (Å²) in [5, 5.41) is 8.21. The first kappa shape index (κ1) is 11.9. The Morgan fingerprint density at radius 3 is 2.67 bits per heavy atom. The predicted molar refractivity (Wildman–Crippen MR) is 57.9 cm³/mol. The first-order valence-electron chi connectivity index (χ1n) is 3.65. The van der Waals surface area contributed by atoms with Gasteiger partial charge >= 0.3 is 0 Å². The van der Waals surface area contributed by atoms with E-state index >= 15 is 0 Å². The molecule has 0 aromatic carbocycles. The van der Waals surface area contributed by atoms with Crippen molar-refractivity contribution in [2.24, 2.45) is 0 Å². The van der Waals surface area contributed by atoms with Gasteiger partial charge in [-0.25, -0.2) is 0 Å². The minimum atomic E-state index is -2.00. The van der Waals surface area contributed by atoms with Crippen molar-refractivity contribution >= 4 is 40.6 Å². The summed E-state index contributed by atoms with van der Waals surface area (Å²) in [5.41, 5.74) is 0.617. The smallest absolute Gasteiger partial charge is 0.254 e. The zero-order chi connectivity index (χ0) is 11.5. The Labute approximate surface area is 101 Å². The summed E-state index contributed by atoms with van der Waals surface area (Å²) in [5.74, 6) is 4.01. The standard InChI is InChI=1S/C9H3Cl3N2O/c10-9(11,12)8(15)7-4-6(5-14-7)2-1-3-13/h4-5,14H. The topological polar surface area (TPSA) is 56.6 Å². The van der Waals surface area contributed by atoms with Crippen molar-refractivity contribution in [3.8, 4) is 17.9 Å². The summed E-state index contributed by atoms with van der Waals surface area (Å²) in [6.07, 6.45) is 1.45. The van der Waals surface area contributed by atoms with Gasteiger partial charge in [0.1, 0.15) is 0 Å². The highest BCUT2D eigenvalue weighted by atomic mass is 35.6. The molecule has 0 atom stereocenters. The SMILES string of the molecule is N#CC#Cc1c[nH]c(C(=O)C(Cl)(Cl)Cl)c1. The number of hydrogen-bond donors (Lipinski definition) is 1. The molecule has 1 rings (SSSR count). The Bertz CT molecular complexity index is 482. The molecule has 1 N–H and O–H groups in total. The third-order valence-corrected chi connectivity index (χ3v) is 1.96. The van der Waals surface area contributed by atoms with E-state index in [1.54, 1.807) is 6.07 Å². The van der Waals surface area contributed by atoms with Crippen molar-refractivity contribution in [1.29, 1.82) is 5.26 Å². The fourth-order valence-corrected chi connectivity index (χ4v) is 1.16.